The number of aryl methyl sites for hydroxylation is 1. The molecule has 1 atom stereocenters. The fourth-order valence-corrected chi connectivity index (χ4v) is 5.36. The van der Waals surface area contributed by atoms with Crippen molar-refractivity contribution in [1.29, 1.82) is 0 Å². The highest BCUT2D eigenvalue weighted by Crippen LogP contribution is 2.33. The van der Waals surface area contributed by atoms with Crippen LogP contribution in [0, 0.1) is 6.92 Å². The van der Waals surface area contributed by atoms with Gasteiger partial charge >= 0.3 is 6.03 Å². The summed E-state index contributed by atoms with van der Waals surface area (Å²) in [5.74, 6) is 0. The molecule has 1 aromatic carbocycles. The number of primary sulfonamides is 1. The largest absolute Gasteiger partial charge is 0.326 e. The molecule has 0 radical (unpaired) electrons. The maximum Gasteiger partial charge on any atom is 0.326 e. The van der Waals surface area contributed by atoms with Gasteiger partial charge in [-0.2, -0.15) is 0 Å². The first-order valence-electron chi connectivity index (χ1n) is 8.02. The van der Waals surface area contributed by atoms with Crippen LogP contribution in [0.1, 0.15) is 30.6 Å². The Labute approximate surface area is 165 Å². The molecular weight excluding hydrogens is 440 g/mol. The second-order valence-electron chi connectivity index (χ2n) is 6.13. The van der Waals surface area contributed by atoms with Crippen molar-refractivity contribution in [2.45, 2.75) is 30.5 Å². The van der Waals surface area contributed by atoms with Crippen LogP contribution in [0.5, 0.6) is 0 Å². The van der Waals surface area contributed by atoms with Gasteiger partial charge in [0.25, 0.3) is 0 Å². The minimum Gasteiger partial charge on any atom is -0.317 e. The standard InChI is InChI=1S/C16H19BrN4O3S2/c1-10-14(26(18,23)24)25-15(19-10)21-8-4-7-20(16(21)22)11(2)12-5-3-6-13(17)9-12/h3,5-6,9,11H,4,7-8H2,1-2H3,(H2,18,23,24). The van der Waals surface area contributed by atoms with E-state index in [0.29, 0.717) is 23.9 Å². The number of carbonyl (C=O) groups excluding carboxylic acids is 1. The summed E-state index contributed by atoms with van der Waals surface area (Å²) < 4.78 is 24.3. The zero-order valence-corrected chi connectivity index (χ0v) is 17.6. The molecule has 3 rings (SSSR count). The number of hydrogen-bond donors (Lipinski definition) is 1. The molecule has 2 amide bonds. The number of sulfonamides is 1. The van der Waals surface area contributed by atoms with Crippen LogP contribution in [0.3, 0.4) is 0 Å². The molecule has 1 aliphatic rings. The minimum absolute atomic E-state index is 0.00235. The molecule has 2 aromatic rings. The molecule has 1 aromatic heterocycles. The van der Waals surface area contributed by atoms with E-state index >= 15 is 0 Å². The van der Waals surface area contributed by atoms with Gasteiger partial charge in [-0.15, -0.1) is 0 Å². The quantitative estimate of drug-likeness (QED) is 0.759. The van der Waals surface area contributed by atoms with Crippen molar-refractivity contribution in [1.82, 2.24) is 9.88 Å². The summed E-state index contributed by atoms with van der Waals surface area (Å²) in [7, 11) is -3.85. The molecule has 2 heterocycles. The van der Waals surface area contributed by atoms with Gasteiger partial charge in [-0.3, -0.25) is 4.90 Å². The van der Waals surface area contributed by atoms with Crippen LogP contribution < -0.4 is 10.0 Å². The Morgan fingerprint density at radius 1 is 1.35 bits per heavy atom. The van der Waals surface area contributed by atoms with Gasteiger partial charge in [0, 0.05) is 17.6 Å². The second-order valence-corrected chi connectivity index (χ2v) is 9.78. The molecule has 0 spiro atoms. The Hall–Kier alpha value is -1.49. The predicted molar refractivity (Wildman–Crippen MR) is 105 cm³/mol. The monoisotopic (exact) mass is 458 g/mol. The van der Waals surface area contributed by atoms with E-state index in [4.69, 9.17) is 5.14 Å². The fourth-order valence-electron chi connectivity index (χ4n) is 2.98. The average Bonchev–Trinajstić information content (AvgIpc) is 2.96. The summed E-state index contributed by atoms with van der Waals surface area (Å²) in [5.41, 5.74) is 1.34. The molecule has 26 heavy (non-hydrogen) atoms. The van der Waals surface area contributed by atoms with Crippen molar-refractivity contribution < 1.29 is 13.2 Å². The van der Waals surface area contributed by atoms with E-state index in [1.807, 2.05) is 31.2 Å². The number of nitrogens with zero attached hydrogens (tertiary/aromatic N) is 3. The maximum absolute atomic E-state index is 13.0. The van der Waals surface area contributed by atoms with Crippen LogP contribution in [0.15, 0.2) is 32.9 Å². The number of halogens is 1. The number of aromatic nitrogens is 1. The zero-order valence-electron chi connectivity index (χ0n) is 14.3. The number of urea groups is 1. The number of anilines is 1. The summed E-state index contributed by atoms with van der Waals surface area (Å²) in [5, 5.41) is 5.59. The normalized spacial score (nSPS) is 16.8. The van der Waals surface area contributed by atoms with E-state index in [0.717, 1.165) is 27.8 Å². The number of nitrogens with two attached hydrogens (primary N) is 1. The lowest BCUT2D eigenvalue weighted by atomic mass is 10.1. The van der Waals surface area contributed by atoms with Gasteiger partial charge < -0.3 is 4.90 Å². The van der Waals surface area contributed by atoms with Gasteiger partial charge in [0.05, 0.1) is 11.7 Å². The number of thiazole rings is 1. The Bertz CT molecular complexity index is 945. The van der Waals surface area contributed by atoms with E-state index in [1.54, 1.807) is 11.8 Å². The lowest BCUT2D eigenvalue weighted by Gasteiger charge is -2.38. The fraction of sp³-hybridized carbons (Fsp3) is 0.375. The Kier molecular flexibility index (Phi) is 5.38. The van der Waals surface area contributed by atoms with Gasteiger partial charge in [-0.05, 0) is 38.0 Å². The molecule has 1 saturated heterocycles. The van der Waals surface area contributed by atoms with Gasteiger partial charge in [-0.1, -0.05) is 39.4 Å². The van der Waals surface area contributed by atoms with Crippen molar-refractivity contribution >= 4 is 48.5 Å². The Morgan fingerprint density at radius 3 is 2.69 bits per heavy atom. The van der Waals surface area contributed by atoms with E-state index in [9.17, 15) is 13.2 Å². The molecule has 0 saturated carbocycles. The third-order valence-electron chi connectivity index (χ3n) is 4.29. The molecule has 140 valence electrons. The summed E-state index contributed by atoms with van der Waals surface area (Å²) in [6.07, 6.45) is 0.771. The molecule has 7 nitrogen and oxygen atoms in total. The van der Waals surface area contributed by atoms with Crippen molar-refractivity contribution in [3.05, 3.63) is 40.0 Å². The van der Waals surface area contributed by atoms with Gasteiger partial charge in [0.2, 0.25) is 10.0 Å². The number of rotatable bonds is 4. The lowest BCUT2D eigenvalue weighted by molar-refractivity contribution is 0.175. The molecule has 0 bridgehead atoms. The SMILES string of the molecule is Cc1nc(N2CCCN(C(C)c3cccc(Br)c3)C2=O)sc1S(N)(=O)=O. The van der Waals surface area contributed by atoms with Crippen molar-refractivity contribution in [3.63, 3.8) is 0 Å². The molecule has 1 aliphatic heterocycles. The third kappa shape index (κ3) is 3.78. The average molecular weight is 459 g/mol. The van der Waals surface area contributed by atoms with Crippen molar-refractivity contribution in [2.24, 2.45) is 5.14 Å². The second kappa shape index (κ2) is 7.26. The summed E-state index contributed by atoms with van der Waals surface area (Å²) >= 11 is 4.39. The Balaban J connectivity index is 1.89. The Morgan fingerprint density at radius 2 is 2.08 bits per heavy atom. The number of carbonyl (C=O) groups is 1. The number of benzene rings is 1. The van der Waals surface area contributed by atoms with E-state index in [1.165, 1.54) is 4.90 Å². The number of amides is 2. The van der Waals surface area contributed by atoms with E-state index in [2.05, 4.69) is 20.9 Å². The van der Waals surface area contributed by atoms with Gasteiger partial charge in [0.15, 0.2) is 9.34 Å². The smallest absolute Gasteiger partial charge is 0.317 e. The molecular formula is C16H19BrN4O3S2. The lowest BCUT2D eigenvalue weighted by Crippen LogP contribution is -2.50. The van der Waals surface area contributed by atoms with E-state index < -0.39 is 10.0 Å². The first-order valence-corrected chi connectivity index (χ1v) is 11.2. The summed E-state index contributed by atoms with van der Waals surface area (Å²) in [4.78, 5) is 20.6. The zero-order chi connectivity index (χ0) is 19.1. The maximum atomic E-state index is 13.0. The topological polar surface area (TPSA) is 96.6 Å². The first-order chi connectivity index (χ1) is 12.2. The van der Waals surface area contributed by atoms with Crippen molar-refractivity contribution in [3.8, 4) is 0 Å². The highest BCUT2D eigenvalue weighted by molar-refractivity contribution is 9.10. The molecule has 1 fully saturated rings. The first kappa shape index (κ1) is 19.3. The highest BCUT2D eigenvalue weighted by atomic mass is 79.9. The van der Waals surface area contributed by atoms with Crippen molar-refractivity contribution in [2.75, 3.05) is 18.0 Å². The summed E-state index contributed by atoms with van der Waals surface area (Å²) in [6.45, 7) is 4.69. The molecule has 0 aliphatic carbocycles. The minimum atomic E-state index is -3.85. The predicted octanol–water partition coefficient (Wildman–Crippen LogP) is 3.25. The van der Waals surface area contributed by atoms with Gasteiger partial charge in [0.1, 0.15) is 0 Å². The van der Waals surface area contributed by atoms with Crippen LogP contribution in [0.25, 0.3) is 0 Å². The van der Waals surface area contributed by atoms with Crippen LogP contribution >= 0.6 is 27.3 Å². The third-order valence-corrected chi connectivity index (χ3v) is 7.52. The van der Waals surface area contributed by atoms with Crippen LogP contribution in [-0.4, -0.2) is 37.4 Å². The van der Waals surface area contributed by atoms with E-state index in [-0.39, 0.29) is 16.3 Å². The van der Waals surface area contributed by atoms with Gasteiger partial charge in [-0.25, -0.2) is 23.3 Å². The van der Waals surface area contributed by atoms with Crippen LogP contribution in [-0.2, 0) is 10.0 Å². The van der Waals surface area contributed by atoms with Crippen LogP contribution in [0.4, 0.5) is 9.93 Å². The number of hydrogen-bond acceptors (Lipinski definition) is 5. The molecule has 2 N–H and O–H groups in total. The molecule has 1 unspecified atom stereocenters. The van der Waals surface area contributed by atoms with Crippen LogP contribution in [0.2, 0.25) is 0 Å². The summed E-state index contributed by atoms with van der Waals surface area (Å²) in [6, 6.07) is 7.55. The molecule has 10 heteroatoms. The highest BCUT2D eigenvalue weighted by Gasteiger charge is 2.33.